The molecule has 3 N–H and O–H groups in total. The van der Waals surface area contributed by atoms with E-state index in [9.17, 15) is 4.79 Å². The highest BCUT2D eigenvalue weighted by Gasteiger charge is 2.27. The molecule has 5 heteroatoms. The Labute approximate surface area is 118 Å². The largest absolute Gasteiger partial charge is 0.335 e. The van der Waals surface area contributed by atoms with Crippen LogP contribution in [0.25, 0.3) is 10.9 Å². The van der Waals surface area contributed by atoms with Crippen molar-refractivity contribution in [1.82, 2.24) is 15.1 Å². The molecule has 1 aliphatic heterocycles. The molecular formula is C15H20N4O. The summed E-state index contributed by atoms with van der Waals surface area (Å²) in [5.74, 6) is 0.0474. The van der Waals surface area contributed by atoms with Crippen molar-refractivity contribution in [2.45, 2.75) is 45.3 Å². The predicted octanol–water partition coefficient (Wildman–Crippen LogP) is 1.57. The number of nitrogens with two attached hydrogens (primary N) is 1. The lowest BCUT2D eigenvalue weighted by Crippen LogP contribution is -2.47. The number of aromatic amines is 1. The van der Waals surface area contributed by atoms with Gasteiger partial charge in [0.15, 0.2) is 0 Å². The van der Waals surface area contributed by atoms with Crippen LogP contribution < -0.4 is 5.73 Å². The maximum Gasteiger partial charge on any atom is 0.240 e. The zero-order valence-corrected chi connectivity index (χ0v) is 11.9. The van der Waals surface area contributed by atoms with E-state index < -0.39 is 6.04 Å². The van der Waals surface area contributed by atoms with Gasteiger partial charge in [0.05, 0.1) is 17.8 Å². The Morgan fingerprint density at radius 2 is 2.25 bits per heavy atom. The number of carbonyl (C=O) groups is 1. The van der Waals surface area contributed by atoms with Crippen LogP contribution in [0.4, 0.5) is 0 Å². The monoisotopic (exact) mass is 272 g/mol. The summed E-state index contributed by atoms with van der Waals surface area (Å²) in [6.07, 6.45) is 3.38. The van der Waals surface area contributed by atoms with Crippen LogP contribution in [0.15, 0.2) is 18.3 Å². The van der Waals surface area contributed by atoms with Crippen LogP contribution in [0.5, 0.6) is 0 Å². The van der Waals surface area contributed by atoms with Gasteiger partial charge >= 0.3 is 0 Å². The Hall–Kier alpha value is -1.88. The van der Waals surface area contributed by atoms with Crippen LogP contribution in [0, 0.1) is 0 Å². The van der Waals surface area contributed by atoms with Crippen LogP contribution in [-0.4, -0.2) is 33.1 Å². The van der Waals surface area contributed by atoms with E-state index in [1.807, 2.05) is 24.9 Å². The van der Waals surface area contributed by atoms with Gasteiger partial charge in [-0.05, 0) is 43.9 Å². The average molecular weight is 272 g/mol. The lowest BCUT2D eigenvalue weighted by molar-refractivity contribution is -0.135. The third-order valence-corrected chi connectivity index (χ3v) is 4.11. The van der Waals surface area contributed by atoms with Gasteiger partial charge in [-0.15, -0.1) is 0 Å². The fourth-order valence-electron chi connectivity index (χ4n) is 2.87. The quantitative estimate of drug-likeness (QED) is 0.827. The Balaban J connectivity index is 2.12. The second-order valence-corrected chi connectivity index (χ2v) is 5.74. The van der Waals surface area contributed by atoms with E-state index in [1.54, 1.807) is 0 Å². The van der Waals surface area contributed by atoms with E-state index in [0.717, 1.165) is 17.3 Å². The van der Waals surface area contributed by atoms with E-state index in [4.69, 9.17) is 5.73 Å². The van der Waals surface area contributed by atoms with Crippen molar-refractivity contribution in [1.29, 1.82) is 0 Å². The topological polar surface area (TPSA) is 75.0 Å². The normalized spacial score (nSPS) is 20.1. The molecule has 5 nitrogen and oxygen atoms in total. The summed E-state index contributed by atoms with van der Waals surface area (Å²) in [5.41, 5.74) is 9.50. The molecule has 0 spiro atoms. The first-order valence-electron chi connectivity index (χ1n) is 7.08. The number of nitrogens with zero attached hydrogens (tertiary/aromatic N) is 2. The fourth-order valence-corrected chi connectivity index (χ4v) is 2.87. The first kappa shape index (κ1) is 13.1. The van der Waals surface area contributed by atoms with Crippen LogP contribution >= 0.6 is 0 Å². The number of amides is 1. The number of fused-ring (bicyclic) bond motifs is 3. The highest BCUT2D eigenvalue weighted by molar-refractivity contribution is 5.86. The third kappa shape index (κ3) is 2.08. The van der Waals surface area contributed by atoms with E-state index in [-0.39, 0.29) is 11.9 Å². The van der Waals surface area contributed by atoms with Crippen LogP contribution in [0.2, 0.25) is 0 Å². The van der Waals surface area contributed by atoms with Crippen molar-refractivity contribution in [2.75, 3.05) is 0 Å². The lowest BCUT2D eigenvalue weighted by Gasteiger charge is -2.32. The minimum absolute atomic E-state index is 0.0474. The van der Waals surface area contributed by atoms with Gasteiger partial charge in [-0.2, -0.15) is 5.10 Å². The number of benzene rings is 1. The van der Waals surface area contributed by atoms with Gasteiger partial charge in [-0.3, -0.25) is 9.89 Å². The van der Waals surface area contributed by atoms with Gasteiger partial charge in [-0.25, -0.2) is 0 Å². The number of carbonyl (C=O) groups excluding carboxylic acids is 1. The molecule has 1 aliphatic rings. The molecule has 1 amide bonds. The number of aryl methyl sites for hydroxylation is 1. The molecule has 2 heterocycles. The van der Waals surface area contributed by atoms with Crippen LogP contribution in [-0.2, 0) is 17.8 Å². The zero-order valence-electron chi connectivity index (χ0n) is 11.9. The number of aromatic nitrogens is 2. The fraction of sp³-hybridized carbons (Fsp3) is 0.467. The maximum absolute atomic E-state index is 12.4. The molecule has 0 radical (unpaired) electrons. The second-order valence-electron chi connectivity index (χ2n) is 5.74. The van der Waals surface area contributed by atoms with Crippen molar-refractivity contribution >= 4 is 16.8 Å². The molecule has 3 rings (SSSR count). The molecule has 1 atom stereocenters. The molecule has 1 aromatic heterocycles. The molecule has 20 heavy (non-hydrogen) atoms. The number of hydrogen-bond acceptors (Lipinski definition) is 3. The predicted molar refractivity (Wildman–Crippen MR) is 78.1 cm³/mol. The molecule has 0 bridgehead atoms. The summed E-state index contributed by atoms with van der Waals surface area (Å²) in [4.78, 5) is 14.3. The zero-order chi connectivity index (χ0) is 14.3. The smallest absolute Gasteiger partial charge is 0.240 e. The summed E-state index contributed by atoms with van der Waals surface area (Å²) >= 11 is 0. The molecule has 0 saturated carbocycles. The van der Waals surface area contributed by atoms with E-state index >= 15 is 0 Å². The molecule has 0 fully saturated rings. The van der Waals surface area contributed by atoms with Crippen molar-refractivity contribution in [3.8, 4) is 0 Å². The van der Waals surface area contributed by atoms with Gasteiger partial charge in [-0.1, -0.05) is 6.07 Å². The Bertz CT molecular complexity index is 646. The summed E-state index contributed by atoms with van der Waals surface area (Å²) in [6, 6.07) is 3.92. The maximum atomic E-state index is 12.4. The molecule has 0 aliphatic carbocycles. The number of hydrogen-bond donors (Lipinski definition) is 2. The molecule has 0 unspecified atom stereocenters. The van der Waals surface area contributed by atoms with Crippen LogP contribution in [0.1, 0.15) is 31.4 Å². The van der Waals surface area contributed by atoms with E-state index in [0.29, 0.717) is 13.0 Å². The standard InChI is InChI=1S/C15H20N4O/c1-9(2)19-8-12-10(3-5-13(16)15(19)20)4-6-14-11(12)7-17-18-14/h4,6-7,9,13H,3,5,8,16H2,1-2H3,(H,17,18)/t13-/m1/s1. The SMILES string of the molecule is CC(C)N1Cc2c(ccc3[nH]ncc23)CC[C@@H](N)C1=O. The first-order chi connectivity index (χ1) is 9.58. The molecule has 2 aromatic rings. The Kier molecular flexibility index (Phi) is 3.22. The van der Waals surface area contributed by atoms with Gasteiger partial charge in [0.25, 0.3) is 0 Å². The van der Waals surface area contributed by atoms with Crippen molar-refractivity contribution in [3.63, 3.8) is 0 Å². The Morgan fingerprint density at radius 1 is 1.45 bits per heavy atom. The molecule has 1 aromatic carbocycles. The minimum atomic E-state index is -0.398. The van der Waals surface area contributed by atoms with E-state index in [1.165, 1.54) is 11.1 Å². The number of nitrogens with one attached hydrogen (secondary N) is 1. The summed E-state index contributed by atoms with van der Waals surface area (Å²) in [5, 5.41) is 8.21. The van der Waals surface area contributed by atoms with Crippen molar-refractivity contribution in [2.24, 2.45) is 5.73 Å². The first-order valence-corrected chi connectivity index (χ1v) is 7.08. The highest BCUT2D eigenvalue weighted by Crippen LogP contribution is 2.26. The van der Waals surface area contributed by atoms with Crippen LogP contribution in [0.3, 0.4) is 0 Å². The second kappa shape index (κ2) is 4.90. The number of H-pyrrole nitrogens is 1. The Morgan fingerprint density at radius 3 is 3.00 bits per heavy atom. The average Bonchev–Trinajstić information content (AvgIpc) is 2.88. The molecular weight excluding hydrogens is 252 g/mol. The van der Waals surface area contributed by atoms with Gasteiger partial charge in [0, 0.05) is 18.0 Å². The summed E-state index contributed by atoms with van der Waals surface area (Å²) in [6.45, 7) is 4.67. The third-order valence-electron chi connectivity index (χ3n) is 4.11. The minimum Gasteiger partial charge on any atom is -0.335 e. The van der Waals surface area contributed by atoms with Gasteiger partial charge in [0.2, 0.25) is 5.91 Å². The highest BCUT2D eigenvalue weighted by atomic mass is 16.2. The lowest BCUT2D eigenvalue weighted by atomic mass is 9.94. The molecule has 0 saturated heterocycles. The number of rotatable bonds is 1. The van der Waals surface area contributed by atoms with Gasteiger partial charge < -0.3 is 10.6 Å². The van der Waals surface area contributed by atoms with E-state index in [2.05, 4.69) is 22.3 Å². The summed E-state index contributed by atoms with van der Waals surface area (Å²) < 4.78 is 0. The van der Waals surface area contributed by atoms with Crippen molar-refractivity contribution < 1.29 is 4.79 Å². The van der Waals surface area contributed by atoms with Crippen molar-refractivity contribution in [3.05, 3.63) is 29.5 Å². The van der Waals surface area contributed by atoms with Gasteiger partial charge in [0.1, 0.15) is 0 Å². The summed E-state index contributed by atoms with van der Waals surface area (Å²) in [7, 11) is 0. The molecule has 106 valence electrons.